The fraction of sp³-hybridized carbons (Fsp3) is 0.500. The Hall–Kier alpha value is -1.73. The normalized spacial score (nSPS) is 13.8. The van der Waals surface area contributed by atoms with Crippen LogP contribution in [-0.2, 0) is 17.1 Å². The smallest absolute Gasteiger partial charge is 0.417 e. The Morgan fingerprint density at radius 2 is 1.73 bits per heavy atom. The summed E-state index contributed by atoms with van der Waals surface area (Å²) >= 11 is 0. The molecule has 0 aromatic heterocycles. The van der Waals surface area contributed by atoms with Gasteiger partial charge in [0, 0.05) is 0 Å². The van der Waals surface area contributed by atoms with Gasteiger partial charge in [-0.15, -0.1) is 0 Å². The van der Waals surface area contributed by atoms with Gasteiger partial charge in [-0.1, -0.05) is 20.3 Å². The van der Waals surface area contributed by atoms with Gasteiger partial charge in [-0.25, -0.2) is 4.79 Å². The molecule has 0 aliphatic carbocycles. The van der Waals surface area contributed by atoms with Gasteiger partial charge in [0.2, 0.25) is 0 Å². The molecule has 0 saturated carbocycles. The molecule has 22 heavy (non-hydrogen) atoms. The molecule has 2 nitrogen and oxygen atoms in total. The Kier molecular flexibility index (Phi) is 5.48. The number of ether oxygens (including phenoxy) is 1. The summed E-state index contributed by atoms with van der Waals surface area (Å²) in [7, 11) is 0. The van der Waals surface area contributed by atoms with Crippen molar-refractivity contribution in [3.05, 3.63) is 34.9 Å². The SMILES string of the molecule is CCC(C)COC(=O)c1cc(C(F)(F)F)ccc1C(F)(F)F. The van der Waals surface area contributed by atoms with Gasteiger partial charge in [0.1, 0.15) is 0 Å². The molecule has 0 aliphatic rings. The summed E-state index contributed by atoms with van der Waals surface area (Å²) in [6, 6.07) is 0.693. The Morgan fingerprint density at radius 3 is 2.18 bits per heavy atom. The third kappa shape index (κ3) is 4.64. The molecule has 0 aliphatic heterocycles. The lowest BCUT2D eigenvalue weighted by Gasteiger charge is -2.16. The molecule has 0 radical (unpaired) electrons. The van der Waals surface area contributed by atoms with Crippen molar-refractivity contribution in [2.45, 2.75) is 32.6 Å². The van der Waals surface area contributed by atoms with Gasteiger partial charge in [-0.3, -0.25) is 0 Å². The third-order valence-electron chi connectivity index (χ3n) is 3.07. The van der Waals surface area contributed by atoms with Crippen LogP contribution in [0.3, 0.4) is 0 Å². The van der Waals surface area contributed by atoms with Gasteiger partial charge in [0.05, 0.1) is 23.3 Å². The molecule has 1 aromatic rings. The minimum atomic E-state index is -4.95. The summed E-state index contributed by atoms with van der Waals surface area (Å²) in [6.07, 6.45) is -9.19. The van der Waals surface area contributed by atoms with E-state index in [9.17, 15) is 31.1 Å². The van der Waals surface area contributed by atoms with Gasteiger partial charge < -0.3 is 4.74 Å². The van der Waals surface area contributed by atoms with E-state index >= 15 is 0 Å². The fourth-order valence-corrected chi connectivity index (χ4v) is 1.55. The number of hydrogen-bond donors (Lipinski definition) is 0. The van der Waals surface area contributed by atoms with E-state index in [1.54, 1.807) is 13.8 Å². The van der Waals surface area contributed by atoms with Crippen LogP contribution in [0.4, 0.5) is 26.3 Å². The molecule has 0 bridgehead atoms. The first-order chi connectivity index (χ1) is 9.96. The highest BCUT2D eigenvalue weighted by Crippen LogP contribution is 2.36. The van der Waals surface area contributed by atoms with Gasteiger partial charge in [0.15, 0.2) is 0 Å². The number of rotatable bonds is 4. The first kappa shape index (κ1) is 18.3. The van der Waals surface area contributed by atoms with Gasteiger partial charge in [-0.05, 0) is 24.1 Å². The zero-order valence-corrected chi connectivity index (χ0v) is 11.8. The highest BCUT2D eigenvalue weighted by atomic mass is 19.4. The lowest BCUT2D eigenvalue weighted by molar-refractivity contribution is -0.141. The Bertz CT molecular complexity index is 533. The minimum Gasteiger partial charge on any atom is -0.462 e. The average molecular weight is 328 g/mol. The van der Waals surface area contributed by atoms with Crippen LogP contribution in [0, 0.1) is 5.92 Å². The van der Waals surface area contributed by atoms with Crippen LogP contribution in [0.2, 0.25) is 0 Å². The van der Waals surface area contributed by atoms with Crippen molar-refractivity contribution in [1.29, 1.82) is 0 Å². The van der Waals surface area contributed by atoms with E-state index in [-0.39, 0.29) is 30.7 Å². The topological polar surface area (TPSA) is 26.3 Å². The van der Waals surface area contributed by atoms with E-state index in [0.29, 0.717) is 6.42 Å². The first-order valence-corrected chi connectivity index (χ1v) is 6.42. The summed E-state index contributed by atoms with van der Waals surface area (Å²) in [4.78, 5) is 11.7. The van der Waals surface area contributed by atoms with E-state index in [0.717, 1.165) is 0 Å². The predicted octanol–water partition coefficient (Wildman–Crippen LogP) is 4.93. The third-order valence-corrected chi connectivity index (χ3v) is 3.07. The summed E-state index contributed by atoms with van der Waals surface area (Å²) in [5, 5.41) is 0. The second-order valence-corrected chi connectivity index (χ2v) is 4.87. The van der Waals surface area contributed by atoms with Crippen molar-refractivity contribution in [2.75, 3.05) is 6.61 Å². The Morgan fingerprint density at radius 1 is 1.14 bits per heavy atom. The largest absolute Gasteiger partial charge is 0.462 e. The second-order valence-electron chi connectivity index (χ2n) is 4.87. The van der Waals surface area contributed by atoms with Crippen LogP contribution in [-0.4, -0.2) is 12.6 Å². The van der Waals surface area contributed by atoms with Crippen molar-refractivity contribution in [1.82, 2.24) is 0 Å². The molecular formula is C14H14F6O2. The van der Waals surface area contributed by atoms with Crippen LogP contribution in [0.15, 0.2) is 18.2 Å². The molecule has 1 atom stereocenters. The molecule has 1 rings (SSSR count). The average Bonchev–Trinajstić information content (AvgIpc) is 2.41. The molecule has 0 amide bonds. The summed E-state index contributed by atoms with van der Waals surface area (Å²) in [5.41, 5.74) is -3.92. The summed E-state index contributed by atoms with van der Waals surface area (Å²) in [5.74, 6) is -1.53. The van der Waals surface area contributed by atoms with E-state index in [2.05, 4.69) is 4.74 Å². The number of hydrogen-bond acceptors (Lipinski definition) is 2. The molecule has 0 N–H and O–H groups in total. The lowest BCUT2D eigenvalue weighted by atomic mass is 10.0. The molecule has 0 fully saturated rings. The van der Waals surface area contributed by atoms with Crippen molar-refractivity contribution in [3.63, 3.8) is 0 Å². The van der Waals surface area contributed by atoms with Crippen LogP contribution in [0.1, 0.15) is 41.8 Å². The van der Waals surface area contributed by atoms with Gasteiger partial charge in [-0.2, -0.15) is 26.3 Å². The van der Waals surface area contributed by atoms with Crippen LogP contribution >= 0.6 is 0 Å². The van der Waals surface area contributed by atoms with Crippen LogP contribution in [0.25, 0.3) is 0 Å². The van der Waals surface area contributed by atoms with E-state index in [4.69, 9.17) is 0 Å². The first-order valence-electron chi connectivity index (χ1n) is 6.42. The fourth-order valence-electron chi connectivity index (χ4n) is 1.55. The number of carbonyl (C=O) groups excluding carboxylic acids is 1. The number of halogens is 6. The monoisotopic (exact) mass is 328 g/mol. The zero-order valence-electron chi connectivity index (χ0n) is 11.8. The maximum atomic E-state index is 12.8. The standard InChI is InChI=1S/C14H14F6O2/c1-3-8(2)7-22-12(21)10-6-9(13(15,16)17)4-5-11(10)14(18,19)20/h4-6,8H,3,7H2,1-2H3. The molecule has 124 valence electrons. The predicted molar refractivity (Wildman–Crippen MR) is 66.2 cm³/mol. The zero-order chi connectivity index (χ0) is 17.1. The number of carbonyl (C=O) groups is 1. The Labute approximate surface area is 123 Å². The van der Waals surface area contributed by atoms with E-state index in [1.807, 2.05) is 0 Å². The maximum Gasteiger partial charge on any atom is 0.417 e. The highest BCUT2D eigenvalue weighted by Gasteiger charge is 2.39. The van der Waals surface area contributed by atoms with Crippen LogP contribution in [0.5, 0.6) is 0 Å². The number of esters is 1. The molecule has 8 heteroatoms. The van der Waals surface area contributed by atoms with Gasteiger partial charge in [0.25, 0.3) is 0 Å². The van der Waals surface area contributed by atoms with Crippen LogP contribution < -0.4 is 0 Å². The molecule has 1 aromatic carbocycles. The van der Waals surface area contributed by atoms with Crippen molar-refractivity contribution in [2.24, 2.45) is 5.92 Å². The van der Waals surface area contributed by atoms with E-state index in [1.165, 1.54) is 0 Å². The Balaban J connectivity index is 3.20. The highest BCUT2D eigenvalue weighted by molar-refractivity contribution is 5.91. The molecule has 1 unspecified atom stereocenters. The lowest BCUT2D eigenvalue weighted by Crippen LogP contribution is -2.19. The summed E-state index contributed by atoms with van der Waals surface area (Å²) < 4.78 is 80.9. The van der Waals surface area contributed by atoms with Crippen molar-refractivity contribution >= 4 is 5.97 Å². The minimum absolute atomic E-state index is 0.107. The molecule has 0 spiro atoms. The molecular weight excluding hydrogens is 314 g/mol. The number of alkyl halides is 6. The van der Waals surface area contributed by atoms with Crippen molar-refractivity contribution in [3.8, 4) is 0 Å². The van der Waals surface area contributed by atoms with E-state index < -0.39 is 35.0 Å². The van der Waals surface area contributed by atoms with Gasteiger partial charge >= 0.3 is 18.3 Å². The van der Waals surface area contributed by atoms with Crippen molar-refractivity contribution < 1.29 is 35.9 Å². The quantitative estimate of drug-likeness (QED) is 0.579. The second kappa shape index (κ2) is 6.58. The maximum absolute atomic E-state index is 12.8. The molecule has 0 heterocycles. The molecule has 0 saturated heterocycles. The number of benzene rings is 1. The summed E-state index contributed by atoms with van der Waals surface area (Å²) in [6.45, 7) is 3.32.